The SMILES string of the molecule is CCNc1ccc(Cl)c(C(=O)NC2CCOC2C2CC2)n1. The van der Waals surface area contributed by atoms with Crippen LogP contribution in [0.4, 0.5) is 5.82 Å². The molecule has 5 nitrogen and oxygen atoms in total. The number of carbonyl (C=O) groups is 1. The molecule has 2 heterocycles. The molecule has 2 N–H and O–H groups in total. The molecular formula is C15H20ClN3O2. The lowest BCUT2D eigenvalue weighted by molar-refractivity contribution is 0.0727. The first-order chi connectivity index (χ1) is 10.2. The van der Waals surface area contributed by atoms with Crippen molar-refractivity contribution in [3.63, 3.8) is 0 Å². The number of ether oxygens (including phenoxy) is 1. The van der Waals surface area contributed by atoms with Gasteiger partial charge in [-0.1, -0.05) is 11.6 Å². The molecule has 1 saturated carbocycles. The Balaban J connectivity index is 1.71. The molecule has 6 heteroatoms. The second kappa shape index (κ2) is 6.20. The summed E-state index contributed by atoms with van der Waals surface area (Å²) in [6.07, 6.45) is 3.42. The Morgan fingerprint density at radius 3 is 2.95 bits per heavy atom. The standard InChI is InChI=1S/C15H20ClN3O2/c1-2-17-12-6-5-10(16)13(19-12)15(20)18-11-7-8-21-14(11)9-3-4-9/h5-6,9,11,14H,2-4,7-8H2,1H3,(H,17,19)(H,18,20). The molecule has 2 atom stereocenters. The zero-order valence-electron chi connectivity index (χ0n) is 12.1. The van der Waals surface area contributed by atoms with Gasteiger partial charge in [-0.05, 0) is 44.2 Å². The van der Waals surface area contributed by atoms with Crippen LogP contribution in [-0.4, -0.2) is 36.2 Å². The average molecular weight is 310 g/mol. The van der Waals surface area contributed by atoms with Crippen molar-refractivity contribution in [2.45, 2.75) is 38.3 Å². The summed E-state index contributed by atoms with van der Waals surface area (Å²) >= 11 is 6.11. The highest BCUT2D eigenvalue weighted by molar-refractivity contribution is 6.33. The quantitative estimate of drug-likeness (QED) is 0.877. The zero-order chi connectivity index (χ0) is 14.8. The van der Waals surface area contributed by atoms with Crippen LogP contribution < -0.4 is 10.6 Å². The minimum absolute atomic E-state index is 0.0747. The summed E-state index contributed by atoms with van der Waals surface area (Å²) < 4.78 is 5.74. The number of carbonyl (C=O) groups excluding carboxylic acids is 1. The van der Waals surface area contributed by atoms with Crippen molar-refractivity contribution in [1.29, 1.82) is 0 Å². The fraction of sp³-hybridized carbons (Fsp3) is 0.600. The topological polar surface area (TPSA) is 63.2 Å². The molecular weight excluding hydrogens is 290 g/mol. The molecule has 2 unspecified atom stereocenters. The number of amides is 1. The molecule has 0 bridgehead atoms. The highest BCUT2D eigenvalue weighted by Gasteiger charge is 2.41. The third-order valence-electron chi connectivity index (χ3n) is 3.96. The normalized spacial score (nSPS) is 24.9. The monoisotopic (exact) mass is 309 g/mol. The van der Waals surface area contributed by atoms with Crippen molar-refractivity contribution in [3.8, 4) is 0 Å². The van der Waals surface area contributed by atoms with Gasteiger partial charge >= 0.3 is 0 Å². The minimum Gasteiger partial charge on any atom is -0.376 e. The summed E-state index contributed by atoms with van der Waals surface area (Å²) in [6.45, 7) is 3.44. The van der Waals surface area contributed by atoms with Crippen molar-refractivity contribution in [3.05, 3.63) is 22.8 Å². The largest absolute Gasteiger partial charge is 0.376 e. The third kappa shape index (κ3) is 3.30. The Morgan fingerprint density at radius 2 is 2.24 bits per heavy atom. The van der Waals surface area contributed by atoms with E-state index in [2.05, 4.69) is 15.6 Å². The van der Waals surface area contributed by atoms with Crippen molar-refractivity contribution < 1.29 is 9.53 Å². The van der Waals surface area contributed by atoms with Gasteiger partial charge in [0.25, 0.3) is 5.91 Å². The molecule has 21 heavy (non-hydrogen) atoms. The van der Waals surface area contributed by atoms with Gasteiger partial charge in [-0.3, -0.25) is 4.79 Å². The maximum atomic E-state index is 12.4. The Kier molecular flexibility index (Phi) is 4.31. The number of hydrogen-bond donors (Lipinski definition) is 2. The van der Waals surface area contributed by atoms with Crippen LogP contribution in [0.25, 0.3) is 0 Å². The molecule has 2 fully saturated rings. The van der Waals surface area contributed by atoms with E-state index in [0.717, 1.165) is 13.0 Å². The Morgan fingerprint density at radius 1 is 1.43 bits per heavy atom. The molecule has 0 radical (unpaired) electrons. The summed E-state index contributed by atoms with van der Waals surface area (Å²) in [5.74, 6) is 1.05. The summed E-state index contributed by atoms with van der Waals surface area (Å²) in [6, 6.07) is 3.55. The second-order valence-corrected chi connectivity index (χ2v) is 6.01. The average Bonchev–Trinajstić information content (AvgIpc) is 3.21. The van der Waals surface area contributed by atoms with Gasteiger partial charge in [0.1, 0.15) is 11.5 Å². The number of aromatic nitrogens is 1. The Hall–Kier alpha value is -1.33. The summed E-state index contributed by atoms with van der Waals surface area (Å²) in [5, 5.41) is 6.50. The van der Waals surface area contributed by atoms with Crippen LogP contribution in [0.1, 0.15) is 36.7 Å². The highest BCUT2D eigenvalue weighted by Crippen LogP contribution is 2.38. The lowest BCUT2D eigenvalue weighted by atomic mass is 10.1. The highest BCUT2D eigenvalue weighted by atomic mass is 35.5. The molecule has 1 aromatic rings. The van der Waals surface area contributed by atoms with Crippen LogP contribution >= 0.6 is 11.6 Å². The van der Waals surface area contributed by atoms with Crippen molar-refractivity contribution in [2.75, 3.05) is 18.5 Å². The van der Waals surface area contributed by atoms with Crippen LogP contribution in [0.5, 0.6) is 0 Å². The second-order valence-electron chi connectivity index (χ2n) is 5.60. The fourth-order valence-electron chi connectivity index (χ4n) is 2.77. The van der Waals surface area contributed by atoms with E-state index in [-0.39, 0.29) is 23.7 Å². The maximum Gasteiger partial charge on any atom is 0.271 e. The number of rotatable bonds is 5. The van der Waals surface area contributed by atoms with E-state index in [1.54, 1.807) is 12.1 Å². The van der Waals surface area contributed by atoms with Gasteiger partial charge < -0.3 is 15.4 Å². The number of hydrogen-bond acceptors (Lipinski definition) is 4. The van der Waals surface area contributed by atoms with E-state index in [1.165, 1.54) is 12.8 Å². The Bertz CT molecular complexity index is 534. The molecule has 114 valence electrons. The lowest BCUT2D eigenvalue weighted by Crippen LogP contribution is -2.41. The summed E-state index contributed by atoms with van der Waals surface area (Å²) in [7, 11) is 0. The summed E-state index contributed by atoms with van der Waals surface area (Å²) in [5.41, 5.74) is 0.275. The van der Waals surface area contributed by atoms with Gasteiger partial charge in [0.05, 0.1) is 17.2 Å². The number of nitrogens with one attached hydrogen (secondary N) is 2. The van der Waals surface area contributed by atoms with Gasteiger partial charge in [0.2, 0.25) is 0 Å². The number of halogens is 1. The van der Waals surface area contributed by atoms with E-state index < -0.39 is 0 Å². The van der Waals surface area contributed by atoms with Gasteiger partial charge in [0, 0.05) is 13.2 Å². The van der Waals surface area contributed by atoms with Gasteiger partial charge in [-0.2, -0.15) is 0 Å². The van der Waals surface area contributed by atoms with E-state index >= 15 is 0 Å². The zero-order valence-corrected chi connectivity index (χ0v) is 12.8. The molecule has 1 aliphatic carbocycles. The number of nitrogens with zero attached hydrogens (tertiary/aromatic N) is 1. The van der Waals surface area contributed by atoms with Crippen LogP contribution in [0, 0.1) is 5.92 Å². The van der Waals surface area contributed by atoms with Crippen LogP contribution in [0.3, 0.4) is 0 Å². The van der Waals surface area contributed by atoms with Crippen molar-refractivity contribution >= 4 is 23.3 Å². The van der Waals surface area contributed by atoms with Crippen LogP contribution in [0.15, 0.2) is 12.1 Å². The van der Waals surface area contributed by atoms with Crippen molar-refractivity contribution in [2.24, 2.45) is 5.92 Å². The lowest BCUT2D eigenvalue weighted by Gasteiger charge is -2.19. The molecule has 1 amide bonds. The van der Waals surface area contributed by atoms with E-state index in [4.69, 9.17) is 16.3 Å². The molecule has 2 aliphatic rings. The van der Waals surface area contributed by atoms with E-state index in [1.807, 2.05) is 6.92 Å². The van der Waals surface area contributed by atoms with Gasteiger partial charge in [-0.25, -0.2) is 4.98 Å². The van der Waals surface area contributed by atoms with Crippen LogP contribution in [-0.2, 0) is 4.74 Å². The molecule has 3 rings (SSSR count). The first-order valence-corrected chi connectivity index (χ1v) is 7.89. The van der Waals surface area contributed by atoms with Crippen LogP contribution in [0.2, 0.25) is 5.02 Å². The predicted octanol–water partition coefficient (Wildman–Crippen LogP) is 2.46. The van der Waals surface area contributed by atoms with E-state index in [9.17, 15) is 4.79 Å². The van der Waals surface area contributed by atoms with Gasteiger partial charge in [0.15, 0.2) is 0 Å². The first-order valence-electron chi connectivity index (χ1n) is 7.52. The maximum absolute atomic E-state index is 12.4. The number of pyridine rings is 1. The van der Waals surface area contributed by atoms with Crippen molar-refractivity contribution in [1.82, 2.24) is 10.3 Å². The molecule has 0 aromatic carbocycles. The summed E-state index contributed by atoms with van der Waals surface area (Å²) in [4.78, 5) is 16.7. The molecule has 1 saturated heterocycles. The smallest absolute Gasteiger partial charge is 0.271 e. The molecule has 0 spiro atoms. The minimum atomic E-state index is -0.221. The number of anilines is 1. The fourth-order valence-corrected chi connectivity index (χ4v) is 2.96. The third-order valence-corrected chi connectivity index (χ3v) is 4.26. The first kappa shape index (κ1) is 14.6. The molecule has 1 aromatic heterocycles. The predicted molar refractivity (Wildman–Crippen MR) is 81.7 cm³/mol. The Labute approximate surface area is 129 Å². The van der Waals surface area contributed by atoms with Gasteiger partial charge in [-0.15, -0.1) is 0 Å². The van der Waals surface area contributed by atoms with E-state index in [0.29, 0.717) is 23.4 Å². The molecule has 1 aliphatic heterocycles.